The first-order valence-corrected chi connectivity index (χ1v) is 23.3. The predicted octanol–water partition coefficient (Wildman–Crippen LogP) is 4.51. The number of aliphatic hydroxyl groups excluding tert-OH is 1. The first-order chi connectivity index (χ1) is 26.5. The lowest BCUT2D eigenvalue weighted by Gasteiger charge is -2.44. The van der Waals surface area contributed by atoms with E-state index in [-0.39, 0.29) is 6.61 Å². The van der Waals surface area contributed by atoms with Gasteiger partial charge in [0.25, 0.3) is 0 Å². The van der Waals surface area contributed by atoms with Crippen molar-refractivity contribution in [2.75, 3.05) is 133 Å². The van der Waals surface area contributed by atoms with Gasteiger partial charge in [0.15, 0.2) is 0 Å². The van der Waals surface area contributed by atoms with Gasteiger partial charge in [-0.1, -0.05) is 0 Å². The van der Waals surface area contributed by atoms with Crippen LogP contribution in [0.1, 0.15) is 104 Å². The molecule has 2 unspecified atom stereocenters. The van der Waals surface area contributed by atoms with Crippen LogP contribution >= 0.6 is 0 Å². The molecule has 0 bridgehead atoms. The Bertz CT molecular complexity index is 950. The summed E-state index contributed by atoms with van der Waals surface area (Å²) in [6, 6.07) is 7.33. The first-order valence-electron chi connectivity index (χ1n) is 23.3. The van der Waals surface area contributed by atoms with Gasteiger partial charge in [0.05, 0.1) is 6.61 Å². The summed E-state index contributed by atoms with van der Waals surface area (Å²) in [5.74, 6) is 0. The molecule has 5 aliphatic heterocycles. The summed E-state index contributed by atoms with van der Waals surface area (Å²) in [4.78, 5) is 24.6. The number of hydrogen-bond donors (Lipinski definition) is 1. The van der Waals surface area contributed by atoms with Gasteiger partial charge in [0.1, 0.15) is 0 Å². The summed E-state index contributed by atoms with van der Waals surface area (Å²) < 4.78 is 0. The largest absolute Gasteiger partial charge is 0.395 e. The minimum absolute atomic E-state index is 0.278. The van der Waals surface area contributed by atoms with Gasteiger partial charge in [-0.3, -0.25) is 39.2 Å². The van der Waals surface area contributed by atoms with Crippen LogP contribution in [0.2, 0.25) is 0 Å². The van der Waals surface area contributed by atoms with Gasteiger partial charge in [-0.15, -0.1) is 0 Å². The molecule has 342 valence electrons. The third-order valence-corrected chi connectivity index (χ3v) is 14.0. The number of aliphatic hydroxyl groups is 1. The zero-order valence-electron chi connectivity index (χ0n) is 41.9. The van der Waals surface area contributed by atoms with Crippen molar-refractivity contribution in [2.24, 2.45) is 0 Å². The average molecular weight is 811 g/mol. The fraction of sp³-hybridized carbons (Fsp3) is 1.00. The Morgan fingerprint density at radius 2 is 0.667 bits per heavy atom. The summed E-state index contributed by atoms with van der Waals surface area (Å²) in [5, 5.41) is 9.09. The SMILES string of the molecule is CC(C)N1CCN(C)C(CO)C1.CC(C)N1CCN(C)CC1.CC(C)N1C[C@@H](C)N(C)[C@@H](C)C1.CC(C)N1C[C@@H](C)N(C)[C@H](C)C1.CC1CN(C(C)C)CCN1C. The molecule has 11 nitrogen and oxygen atoms in total. The zero-order chi connectivity index (χ0) is 43.7. The van der Waals surface area contributed by atoms with E-state index in [1.807, 2.05) is 0 Å². The number of piperazine rings is 5. The Balaban J connectivity index is 0.000000357. The fourth-order valence-corrected chi connectivity index (χ4v) is 8.25. The third-order valence-electron chi connectivity index (χ3n) is 14.0. The molecule has 11 heteroatoms. The molecule has 6 atom stereocenters. The van der Waals surface area contributed by atoms with Gasteiger partial charge in [-0.05, 0) is 139 Å². The molecule has 0 radical (unpaired) electrons. The lowest BCUT2D eigenvalue weighted by Crippen LogP contribution is -2.56. The Morgan fingerprint density at radius 3 is 0.982 bits per heavy atom. The zero-order valence-corrected chi connectivity index (χ0v) is 41.9. The van der Waals surface area contributed by atoms with E-state index in [0.29, 0.717) is 54.4 Å². The molecule has 5 rings (SSSR count). The van der Waals surface area contributed by atoms with E-state index >= 15 is 0 Å². The summed E-state index contributed by atoms with van der Waals surface area (Å²) in [6.07, 6.45) is 0. The van der Waals surface area contributed by atoms with Crippen molar-refractivity contribution in [1.29, 1.82) is 0 Å². The quantitative estimate of drug-likeness (QED) is 0.413. The second kappa shape index (κ2) is 27.5. The number of hydrogen-bond acceptors (Lipinski definition) is 11. The lowest BCUT2D eigenvalue weighted by atomic mass is 10.1. The Morgan fingerprint density at radius 1 is 0.368 bits per heavy atom. The second-order valence-corrected chi connectivity index (χ2v) is 20.1. The fourth-order valence-electron chi connectivity index (χ4n) is 8.25. The number of nitrogens with zero attached hydrogens (tertiary/aromatic N) is 10. The highest BCUT2D eigenvalue weighted by atomic mass is 16.3. The van der Waals surface area contributed by atoms with Crippen LogP contribution < -0.4 is 0 Å². The molecule has 0 aromatic heterocycles. The minimum Gasteiger partial charge on any atom is -0.395 e. The van der Waals surface area contributed by atoms with Gasteiger partial charge in [-0.2, -0.15) is 0 Å². The van der Waals surface area contributed by atoms with Crippen LogP contribution in [0, 0.1) is 0 Å². The topological polar surface area (TPSA) is 52.6 Å². The maximum Gasteiger partial charge on any atom is 0.0599 e. The molecule has 1 N–H and O–H groups in total. The van der Waals surface area contributed by atoms with Crippen LogP contribution in [-0.2, 0) is 0 Å². The van der Waals surface area contributed by atoms with Crippen molar-refractivity contribution in [2.45, 2.75) is 170 Å². The molecule has 5 aliphatic rings. The molecule has 0 spiro atoms. The monoisotopic (exact) mass is 811 g/mol. The van der Waals surface area contributed by atoms with Crippen molar-refractivity contribution in [3.05, 3.63) is 0 Å². The highest BCUT2D eigenvalue weighted by molar-refractivity contribution is 4.85. The normalized spacial score (nSPS) is 30.4. The molecule has 5 heterocycles. The van der Waals surface area contributed by atoms with E-state index in [4.69, 9.17) is 5.11 Å². The molecule has 5 fully saturated rings. The number of rotatable bonds is 6. The molecule has 57 heavy (non-hydrogen) atoms. The van der Waals surface area contributed by atoms with E-state index in [2.05, 4.69) is 188 Å². The van der Waals surface area contributed by atoms with Gasteiger partial charge in [0.2, 0.25) is 0 Å². The summed E-state index contributed by atoms with van der Waals surface area (Å²) in [6.45, 7) is 51.2. The van der Waals surface area contributed by atoms with Gasteiger partial charge >= 0.3 is 0 Å². The highest BCUT2D eigenvalue weighted by Crippen LogP contribution is 2.16. The van der Waals surface area contributed by atoms with Crippen LogP contribution in [0.5, 0.6) is 0 Å². The summed E-state index contributed by atoms with van der Waals surface area (Å²) in [7, 11) is 10.9. The van der Waals surface area contributed by atoms with E-state index < -0.39 is 0 Å². The predicted molar refractivity (Wildman–Crippen MR) is 250 cm³/mol. The molecule has 0 aromatic rings. The van der Waals surface area contributed by atoms with Crippen molar-refractivity contribution in [3.8, 4) is 0 Å². The lowest BCUT2D eigenvalue weighted by molar-refractivity contribution is 0.0424. The Labute approximate surface area is 357 Å². The molecule has 0 saturated carbocycles. The van der Waals surface area contributed by atoms with E-state index in [9.17, 15) is 0 Å². The van der Waals surface area contributed by atoms with Crippen molar-refractivity contribution >= 4 is 0 Å². The van der Waals surface area contributed by atoms with E-state index in [1.54, 1.807) is 0 Å². The van der Waals surface area contributed by atoms with Crippen LogP contribution in [0.3, 0.4) is 0 Å². The van der Waals surface area contributed by atoms with Crippen molar-refractivity contribution in [3.63, 3.8) is 0 Å². The number of likely N-dealkylation sites (N-methyl/N-ethyl adjacent to an activating group) is 5. The van der Waals surface area contributed by atoms with Crippen LogP contribution in [-0.4, -0.2) is 254 Å². The Hall–Kier alpha value is -0.440. The second-order valence-electron chi connectivity index (χ2n) is 20.1. The van der Waals surface area contributed by atoms with Crippen LogP contribution in [0.15, 0.2) is 0 Å². The maximum absolute atomic E-state index is 9.09. The van der Waals surface area contributed by atoms with Crippen molar-refractivity contribution in [1.82, 2.24) is 49.0 Å². The summed E-state index contributed by atoms with van der Waals surface area (Å²) >= 11 is 0. The molecule has 0 amide bonds. The van der Waals surface area contributed by atoms with Crippen LogP contribution in [0.25, 0.3) is 0 Å². The standard InChI is InChI=1S/2C10H22N2.C9H20N2O.C9H20N2.C8H18N2/c2*1-8(2)12-6-9(3)11(5)10(4)7-12;1-8(2)11-5-4-10(3)9(6-11)7-12;1-8(2)11-6-5-10(4)9(3)7-11;1-8(2)10-6-4-9(3)5-7-10/h2*8-10H,6-7H2,1-5H3;8-9,12H,4-7H2,1-3H3;8-9H,5-7H2,1-4H3;8H,4-7H2,1-3H3/t9-,10+;9-,10-;;;/m.1.../s1. The Kier molecular flexibility index (Phi) is 26.3. The smallest absolute Gasteiger partial charge is 0.0599 e. The van der Waals surface area contributed by atoms with Gasteiger partial charge in [-0.25, -0.2) is 0 Å². The van der Waals surface area contributed by atoms with Crippen molar-refractivity contribution < 1.29 is 5.11 Å². The van der Waals surface area contributed by atoms with Crippen LogP contribution in [0.4, 0.5) is 0 Å². The average Bonchev–Trinajstić information content (AvgIpc) is 3.14. The minimum atomic E-state index is 0.278. The van der Waals surface area contributed by atoms with E-state index in [0.717, 1.165) is 31.7 Å². The molecule has 0 aromatic carbocycles. The molecular formula is C46H102N10O. The molecule has 0 aliphatic carbocycles. The van der Waals surface area contributed by atoms with Gasteiger partial charge in [0, 0.05) is 158 Å². The van der Waals surface area contributed by atoms with Gasteiger partial charge < -0.3 is 14.9 Å². The summed E-state index contributed by atoms with van der Waals surface area (Å²) in [5.41, 5.74) is 0. The molecule has 5 saturated heterocycles. The first kappa shape index (κ1) is 54.6. The highest BCUT2D eigenvalue weighted by Gasteiger charge is 2.29. The molecular weight excluding hydrogens is 709 g/mol. The maximum atomic E-state index is 9.09. The third kappa shape index (κ3) is 19.9. The van der Waals surface area contributed by atoms with E-state index in [1.165, 1.54) is 72.0 Å².